The molecule has 0 N–H and O–H groups in total. The van der Waals surface area contributed by atoms with E-state index in [9.17, 15) is 9.18 Å². The van der Waals surface area contributed by atoms with Crippen LogP contribution in [-0.2, 0) is 25.2 Å². The normalized spacial score (nSPS) is 14.6. The van der Waals surface area contributed by atoms with Crippen LogP contribution in [0.4, 0.5) is 4.39 Å². The second kappa shape index (κ2) is 6.16. The van der Waals surface area contributed by atoms with Crippen LogP contribution >= 0.6 is 11.6 Å². The average molecular weight is 351 g/mol. The first-order chi connectivity index (χ1) is 11.3. The molecule has 0 radical (unpaired) electrons. The van der Waals surface area contributed by atoms with E-state index in [1.807, 2.05) is 11.5 Å². The minimum Gasteiger partial charge on any atom is -0.329 e. The Morgan fingerprint density at radius 2 is 2.08 bits per heavy atom. The molecule has 5 nitrogen and oxygen atoms in total. The highest BCUT2D eigenvalue weighted by molar-refractivity contribution is 6.34. The molecular formula is C17H20ClFN4O. The minimum atomic E-state index is -1.61. The second-order valence-corrected chi connectivity index (χ2v) is 6.78. The quantitative estimate of drug-likeness (QED) is 0.853. The van der Waals surface area contributed by atoms with Gasteiger partial charge in [-0.15, -0.1) is 10.2 Å². The van der Waals surface area contributed by atoms with Crippen LogP contribution in [0.2, 0.25) is 5.02 Å². The van der Waals surface area contributed by atoms with Gasteiger partial charge in [-0.3, -0.25) is 4.79 Å². The largest absolute Gasteiger partial charge is 0.329 e. The van der Waals surface area contributed by atoms with Crippen molar-refractivity contribution in [2.45, 2.75) is 46.0 Å². The molecule has 2 aromatic rings. The molecule has 0 aliphatic carbocycles. The molecule has 3 rings (SSSR count). The Kier molecular flexibility index (Phi) is 4.34. The van der Waals surface area contributed by atoms with Crippen LogP contribution in [0.3, 0.4) is 0 Å². The van der Waals surface area contributed by atoms with Crippen molar-refractivity contribution >= 4 is 17.5 Å². The van der Waals surface area contributed by atoms with Crippen LogP contribution in [0, 0.1) is 0 Å². The monoisotopic (exact) mass is 350 g/mol. The lowest BCUT2D eigenvalue weighted by molar-refractivity contribution is 0.0706. The van der Waals surface area contributed by atoms with Gasteiger partial charge in [0.25, 0.3) is 5.91 Å². The van der Waals surface area contributed by atoms with Gasteiger partial charge in [0.15, 0.2) is 5.82 Å². The number of aromatic nitrogens is 3. The molecule has 0 saturated carbocycles. The predicted molar refractivity (Wildman–Crippen MR) is 89.7 cm³/mol. The van der Waals surface area contributed by atoms with E-state index in [2.05, 4.69) is 10.2 Å². The van der Waals surface area contributed by atoms with Gasteiger partial charge in [-0.1, -0.05) is 30.7 Å². The van der Waals surface area contributed by atoms with E-state index in [1.165, 1.54) is 13.8 Å². The minimum absolute atomic E-state index is 0.177. The maximum atomic E-state index is 14.3. The molecule has 24 heavy (non-hydrogen) atoms. The summed E-state index contributed by atoms with van der Waals surface area (Å²) in [6.07, 6.45) is 0.806. The molecule has 1 aliphatic heterocycles. The maximum absolute atomic E-state index is 14.3. The third-order valence-corrected chi connectivity index (χ3v) is 4.71. The molecule has 1 aromatic heterocycles. The third-order valence-electron chi connectivity index (χ3n) is 4.30. The Morgan fingerprint density at radius 3 is 2.75 bits per heavy atom. The SMILES string of the molecule is CCc1nnc2n1CCN(C(=O)c1cccc(C(C)(C)F)c1Cl)C2. The number of halogens is 2. The van der Waals surface area contributed by atoms with Gasteiger partial charge >= 0.3 is 0 Å². The number of amides is 1. The molecule has 0 spiro atoms. The molecule has 1 amide bonds. The standard InChI is InChI=1S/C17H20ClFN4O/c1-4-13-20-21-14-10-22(8-9-23(13)14)16(24)11-6-5-7-12(15(11)18)17(2,3)19/h5-7H,4,8-10H2,1-3H3. The summed E-state index contributed by atoms with van der Waals surface area (Å²) in [4.78, 5) is 14.5. The zero-order chi connectivity index (χ0) is 17.5. The highest BCUT2D eigenvalue weighted by Crippen LogP contribution is 2.34. The number of carbonyl (C=O) groups is 1. The summed E-state index contributed by atoms with van der Waals surface area (Å²) in [5.41, 5.74) is -0.960. The molecule has 0 bridgehead atoms. The molecule has 2 heterocycles. The molecule has 1 aromatic carbocycles. The highest BCUT2D eigenvalue weighted by Gasteiger charge is 2.29. The summed E-state index contributed by atoms with van der Waals surface area (Å²) in [5, 5.41) is 8.48. The van der Waals surface area contributed by atoms with Gasteiger partial charge in [0.2, 0.25) is 0 Å². The molecular weight excluding hydrogens is 331 g/mol. The van der Waals surface area contributed by atoms with Gasteiger partial charge < -0.3 is 9.47 Å². The number of carbonyl (C=O) groups excluding carboxylic acids is 1. The van der Waals surface area contributed by atoms with Gasteiger partial charge in [0.1, 0.15) is 11.5 Å². The lowest BCUT2D eigenvalue weighted by Gasteiger charge is -2.28. The van der Waals surface area contributed by atoms with Crippen molar-refractivity contribution in [3.05, 3.63) is 46.0 Å². The number of fused-ring (bicyclic) bond motifs is 1. The molecule has 7 heteroatoms. The number of hydrogen-bond acceptors (Lipinski definition) is 3. The third kappa shape index (κ3) is 2.90. The first-order valence-electron chi connectivity index (χ1n) is 8.01. The van der Waals surface area contributed by atoms with Crippen molar-refractivity contribution in [3.63, 3.8) is 0 Å². The number of hydrogen-bond donors (Lipinski definition) is 0. The van der Waals surface area contributed by atoms with Crippen LogP contribution < -0.4 is 0 Å². The zero-order valence-electron chi connectivity index (χ0n) is 14.0. The Balaban J connectivity index is 1.88. The summed E-state index contributed by atoms with van der Waals surface area (Å²) in [5.74, 6) is 1.49. The molecule has 1 aliphatic rings. The van der Waals surface area contributed by atoms with Crippen molar-refractivity contribution in [2.75, 3.05) is 6.54 Å². The lowest BCUT2D eigenvalue weighted by Crippen LogP contribution is -2.39. The fourth-order valence-corrected chi connectivity index (χ4v) is 3.41. The topological polar surface area (TPSA) is 51.0 Å². The van der Waals surface area contributed by atoms with Gasteiger partial charge in [-0.2, -0.15) is 0 Å². The van der Waals surface area contributed by atoms with Crippen LogP contribution in [0.25, 0.3) is 0 Å². The Labute approximate surface area is 145 Å². The summed E-state index contributed by atoms with van der Waals surface area (Å²) in [6.45, 7) is 6.47. The van der Waals surface area contributed by atoms with Crippen molar-refractivity contribution in [3.8, 4) is 0 Å². The smallest absolute Gasteiger partial charge is 0.255 e. The van der Waals surface area contributed by atoms with Gasteiger partial charge in [-0.05, 0) is 19.9 Å². The van der Waals surface area contributed by atoms with E-state index >= 15 is 0 Å². The molecule has 0 saturated heterocycles. The fourth-order valence-electron chi connectivity index (χ4n) is 2.98. The second-order valence-electron chi connectivity index (χ2n) is 6.40. The summed E-state index contributed by atoms with van der Waals surface area (Å²) < 4.78 is 16.3. The number of alkyl halides is 1. The average Bonchev–Trinajstić information content (AvgIpc) is 2.95. The van der Waals surface area contributed by atoms with E-state index in [0.717, 1.165) is 18.1 Å². The number of rotatable bonds is 3. The first-order valence-corrected chi connectivity index (χ1v) is 8.39. The van der Waals surface area contributed by atoms with E-state index < -0.39 is 5.67 Å². The van der Waals surface area contributed by atoms with Crippen molar-refractivity contribution < 1.29 is 9.18 Å². The van der Waals surface area contributed by atoms with E-state index in [1.54, 1.807) is 23.1 Å². The highest BCUT2D eigenvalue weighted by atomic mass is 35.5. The number of nitrogens with zero attached hydrogens (tertiary/aromatic N) is 4. The lowest BCUT2D eigenvalue weighted by atomic mass is 9.97. The van der Waals surface area contributed by atoms with E-state index in [-0.39, 0.29) is 10.9 Å². The zero-order valence-corrected chi connectivity index (χ0v) is 14.8. The Bertz CT molecular complexity index is 781. The summed E-state index contributed by atoms with van der Waals surface area (Å²) in [7, 11) is 0. The molecule has 128 valence electrons. The van der Waals surface area contributed by atoms with Gasteiger partial charge in [0.05, 0.1) is 17.1 Å². The molecule has 0 atom stereocenters. The van der Waals surface area contributed by atoms with E-state index in [0.29, 0.717) is 30.8 Å². The first kappa shape index (κ1) is 16.9. The van der Waals surface area contributed by atoms with Crippen LogP contribution in [0.5, 0.6) is 0 Å². The van der Waals surface area contributed by atoms with Crippen LogP contribution in [0.15, 0.2) is 18.2 Å². The summed E-state index contributed by atoms with van der Waals surface area (Å²) in [6, 6.07) is 4.91. The van der Waals surface area contributed by atoms with E-state index in [4.69, 9.17) is 11.6 Å². The number of benzene rings is 1. The van der Waals surface area contributed by atoms with Crippen LogP contribution in [-0.4, -0.2) is 32.1 Å². The fraction of sp³-hybridized carbons (Fsp3) is 0.471. The Hall–Kier alpha value is -1.95. The van der Waals surface area contributed by atoms with Crippen LogP contribution in [0.1, 0.15) is 48.3 Å². The molecule has 0 unspecified atom stereocenters. The Morgan fingerprint density at radius 1 is 1.33 bits per heavy atom. The van der Waals surface area contributed by atoms with Crippen molar-refractivity contribution in [1.82, 2.24) is 19.7 Å². The maximum Gasteiger partial charge on any atom is 0.255 e. The van der Waals surface area contributed by atoms with Gasteiger partial charge in [-0.25, -0.2) is 4.39 Å². The molecule has 0 fully saturated rings. The van der Waals surface area contributed by atoms with Crippen molar-refractivity contribution in [1.29, 1.82) is 0 Å². The number of aryl methyl sites for hydroxylation is 1. The van der Waals surface area contributed by atoms with Crippen molar-refractivity contribution in [2.24, 2.45) is 0 Å². The van der Waals surface area contributed by atoms with Gasteiger partial charge in [0, 0.05) is 25.1 Å². The predicted octanol–water partition coefficient (Wildman–Crippen LogP) is 3.35. The summed E-state index contributed by atoms with van der Waals surface area (Å²) >= 11 is 6.31.